The van der Waals surface area contributed by atoms with Gasteiger partial charge in [0.05, 0.1) is 6.26 Å². The third kappa shape index (κ3) is 4.95. The molecule has 6 heteroatoms. The third-order valence-corrected chi connectivity index (χ3v) is 6.09. The molecule has 0 unspecified atom stereocenters. The lowest BCUT2D eigenvalue weighted by atomic mass is 9.80. The van der Waals surface area contributed by atoms with Gasteiger partial charge in [-0.15, -0.1) is 0 Å². The summed E-state index contributed by atoms with van der Waals surface area (Å²) in [6.07, 6.45) is 7.48. The van der Waals surface area contributed by atoms with E-state index in [0.29, 0.717) is 38.5 Å². The lowest BCUT2D eigenvalue weighted by Crippen LogP contribution is -2.37. The first-order valence-electron chi connectivity index (χ1n) is 8.09. The lowest BCUT2D eigenvalue weighted by molar-refractivity contribution is -0.132. The number of rotatable bonds is 3. The summed E-state index contributed by atoms with van der Waals surface area (Å²) in [5, 5.41) is 0. The van der Waals surface area contributed by atoms with E-state index in [4.69, 9.17) is 0 Å². The summed E-state index contributed by atoms with van der Waals surface area (Å²) >= 11 is 0. The van der Waals surface area contributed by atoms with E-state index >= 15 is 0 Å². The minimum absolute atomic E-state index is 0.212. The third-order valence-electron chi connectivity index (χ3n) is 4.78. The molecule has 21 heavy (non-hydrogen) atoms. The Labute approximate surface area is 128 Å². The van der Waals surface area contributed by atoms with E-state index in [2.05, 4.69) is 6.92 Å². The van der Waals surface area contributed by atoms with Crippen molar-refractivity contribution in [3.63, 3.8) is 0 Å². The van der Waals surface area contributed by atoms with E-state index in [1.807, 2.05) is 4.90 Å². The van der Waals surface area contributed by atoms with Crippen LogP contribution in [0.15, 0.2) is 0 Å². The van der Waals surface area contributed by atoms with Crippen molar-refractivity contribution in [3.8, 4) is 0 Å². The topological polar surface area (TPSA) is 57.7 Å². The van der Waals surface area contributed by atoms with Gasteiger partial charge in [-0.1, -0.05) is 19.8 Å². The summed E-state index contributed by atoms with van der Waals surface area (Å²) in [6, 6.07) is 0. The van der Waals surface area contributed by atoms with Gasteiger partial charge in [0.25, 0.3) is 0 Å². The second-order valence-corrected chi connectivity index (χ2v) is 8.72. The number of nitrogens with zero attached hydrogens (tertiary/aromatic N) is 2. The van der Waals surface area contributed by atoms with Gasteiger partial charge in [-0.25, -0.2) is 12.7 Å². The summed E-state index contributed by atoms with van der Waals surface area (Å²) in [5.74, 6) is 1.47. The van der Waals surface area contributed by atoms with E-state index in [1.54, 1.807) is 0 Å². The Morgan fingerprint density at radius 1 is 1.10 bits per heavy atom. The van der Waals surface area contributed by atoms with Crippen molar-refractivity contribution in [1.29, 1.82) is 0 Å². The van der Waals surface area contributed by atoms with E-state index in [-0.39, 0.29) is 5.91 Å². The number of hydrogen-bond acceptors (Lipinski definition) is 3. The minimum atomic E-state index is -3.14. The molecular formula is C15H28N2O3S. The molecule has 0 aromatic rings. The van der Waals surface area contributed by atoms with Gasteiger partial charge in [-0.2, -0.15) is 0 Å². The molecule has 1 amide bonds. The normalized spacial score (nSPS) is 29.1. The maximum atomic E-state index is 12.4. The van der Waals surface area contributed by atoms with Crippen LogP contribution in [0.2, 0.25) is 0 Å². The van der Waals surface area contributed by atoms with Crippen LogP contribution in [0, 0.1) is 11.8 Å². The van der Waals surface area contributed by atoms with Gasteiger partial charge < -0.3 is 4.90 Å². The molecule has 122 valence electrons. The Kier molecular flexibility index (Phi) is 5.66. The van der Waals surface area contributed by atoms with Crippen molar-refractivity contribution in [2.45, 2.75) is 45.4 Å². The highest BCUT2D eigenvalue weighted by molar-refractivity contribution is 7.88. The highest BCUT2D eigenvalue weighted by Gasteiger charge is 2.27. The van der Waals surface area contributed by atoms with Gasteiger partial charge in [-0.3, -0.25) is 4.79 Å². The number of amides is 1. The Balaban J connectivity index is 1.85. The lowest BCUT2D eigenvalue weighted by Gasteiger charge is -2.28. The Bertz CT molecular complexity index is 464. The van der Waals surface area contributed by atoms with Crippen LogP contribution in [-0.2, 0) is 14.8 Å². The number of sulfonamides is 1. The van der Waals surface area contributed by atoms with Crippen LogP contribution in [-0.4, -0.2) is 56.0 Å². The average molecular weight is 316 g/mol. The first-order valence-corrected chi connectivity index (χ1v) is 9.94. The zero-order valence-corrected chi connectivity index (χ0v) is 14.1. The number of carbonyl (C=O) groups excluding carboxylic acids is 1. The number of carbonyl (C=O) groups is 1. The molecule has 0 radical (unpaired) electrons. The van der Waals surface area contributed by atoms with E-state index < -0.39 is 10.0 Å². The maximum absolute atomic E-state index is 12.4. The summed E-state index contributed by atoms with van der Waals surface area (Å²) < 4.78 is 24.7. The first-order chi connectivity index (χ1) is 9.86. The van der Waals surface area contributed by atoms with Crippen molar-refractivity contribution in [3.05, 3.63) is 0 Å². The fourth-order valence-electron chi connectivity index (χ4n) is 3.60. The van der Waals surface area contributed by atoms with Crippen LogP contribution in [0.3, 0.4) is 0 Å². The molecule has 2 fully saturated rings. The zero-order chi connectivity index (χ0) is 15.5. The second kappa shape index (κ2) is 7.09. The van der Waals surface area contributed by atoms with Gasteiger partial charge in [-0.05, 0) is 31.1 Å². The monoisotopic (exact) mass is 316 g/mol. The van der Waals surface area contributed by atoms with Crippen molar-refractivity contribution in [1.82, 2.24) is 9.21 Å². The highest BCUT2D eigenvalue weighted by atomic mass is 32.2. The van der Waals surface area contributed by atoms with Crippen LogP contribution in [0.4, 0.5) is 0 Å². The maximum Gasteiger partial charge on any atom is 0.222 e. The number of hydrogen-bond donors (Lipinski definition) is 0. The molecule has 2 atom stereocenters. The van der Waals surface area contributed by atoms with E-state index in [9.17, 15) is 13.2 Å². The summed E-state index contributed by atoms with van der Waals surface area (Å²) in [6.45, 7) is 4.46. The summed E-state index contributed by atoms with van der Waals surface area (Å²) in [5.41, 5.74) is 0. The fourth-order valence-corrected chi connectivity index (χ4v) is 4.47. The van der Waals surface area contributed by atoms with Crippen molar-refractivity contribution in [2.75, 3.05) is 32.4 Å². The molecule has 1 aliphatic heterocycles. The highest BCUT2D eigenvalue weighted by Crippen LogP contribution is 2.31. The van der Waals surface area contributed by atoms with Crippen LogP contribution in [0.25, 0.3) is 0 Å². The summed E-state index contributed by atoms with van der Waals surface area (Å²) in [4.78, 5) is 14.3. The molecule has 0 aromatic heterocycles. The molecule has 0 aromatic carbocycles. The molecule has 5 nitrogen and oxygen atoms in total. The van der Waals surface area contributed by atoms with Gasteiger partial charge in [0.15, 0.2) is 0 Å². The Morgan fingerprint density at radius 3 is 2.52 bits per heavy atom. The molecule has 0 N–H and O–H groups in total. The first kappa shape index (κ1) is 16.7. The molecule has 2 rings (SSSR count). The summed E-state index contributed by atoms with van der Waals surface area (Å²) in [7, 11) is -3.14. The van der Waals surface area contributed by atoms with Gasteiger partial charge in [0.1, 0.15) is 0 Å². The standard InChI is InChI=1S/C15H28N2O3S/c1-13-5-3-6-14(11-13)12-15(18)16-7-4-8-17(10-9-16)21(2,19)20/h13-14H,3-12H2,1-2H3/t13-,14-/m1/s1. The predicted molar refractivity (Wildman–Crippen MR) is 83.4 cm³/mol. The molecule has 1 saturated heterocycles. The SMILES string of the molecule is C[C@@H]1CCC[C@@H](CC(=O)N2CCCN(S(C)(=O)=O)CC2)C1. The van der Waals surface area contributed by atoms with Gasteiger partial charge in [0, 0.05) is 32.6 Å². The van der Waals surface area contributed by atoms with Crippen molar-refractivity contribution >= 4 is 15.9 Å². The average Bonchev–Trinajstić information content (AvgIpc) is 2.63. The smallest absolute Gasteiger partial charge is 0.222 e. The minimum Gasteiger partial charge on any atom is -0.341 e. The Hall–Kier alpha value is -0.620. The van der Waals surface area contributed by atoms with Gasteiger partial charge in [0.2, 0.25) is 15.9 Å². The quantitative estimate of drug-likeness (QED) is 0.796. The molecule has 1 heterocycles. The Morgan fingerprint density at radius 2 is 1.86 bits per heavy atom. The predicted octanol–water partition coefficient (Wildman–Crippen LogP) is 1.70. The van der Waals surface area contributed by atoms with Crippen LogP contribution in [0.5, 0.6) is 0 Å². The fraction of sp³-hybridized carbons (Fsp3) is 0.933. The van der Waals surface area contributed by atoms with Gasteiger partial charge >= 0.3 is 0 Å². The largest absolute Gasteiger partial charge is 0.341 e. The molecular weight excluding hydrogens is 288 g/mol. The van der Waals surface area contributed by atoms with Crippen molar-refractivity contribution in [2.24, 2.45) is 11.8 Å². The van der Waals surface area contributed by atoms with Crippen LogP contribution in [0.1, 0.15) is 45.4 Å². The van der Waals surface area contributed by atoms with Crippen molar-refractivity contribution < 1.29 is 13.2 Å². The molecule has 0 bridgehead atoms. The second-order valence-electron chi connectivity index (χ2n) is 6.74. The molecule has 1 aliphatic carbocycles. The zero-order valence-electron chi connectivity index (χ0n) is 13.3. The van der Waals surface area contributed by atoms with E-state index in [0.717, 1.165) is 18.8 Å². The molecule has 1 saturated carbocycles. The van der Waals surface area contributed by atoms with E-state index in [1.165, 1.54) is 29.8 Å². The van der Waals surface area contributed by atoms with Crippen LogP contribution >= 0.6 is 0 Å². The van der Waals surface area contributed by atoms with Crippen LogP contribution < -0.4 is 0 Å². The molecule has 0 spiro atoms. The molecule has 2 aliphatic rings.